The lowest BCUT2D eigenvalue weighted by Crippen LogP contribution is -2.66. The molecular formula is C18H24N2O6. The van der Waals surface area contributed by atoms with Crippen molar-refractivity contribution in [1.29, 1.82) is 0 Å². The highest BCUT2D eigenvalue weighted by atomic mass is 16.4. The quantitative estimate of drug-likeness (QED) is 0.582. The molecule has 2 amide bonds. The Morgan fingerprint density at radius 1 is 1.19 bits per heavy atom. The normalized spacial score (nSPS) is 20.8. The van der Waals surface area contributed by atoms with Gasteiger partial charge in [-0.3, -0.25) is 14.4 Å². The highest BCUT2D eigenvalue weighted by molar-refractivity contribution is 5.97. The van der Waals surface area contributed by atoms with Crippen molar-refractivity contribution in [2.45, 2.75) is 52.2 Å². The van der Waals surface area contributed by atoms with E-state index in [-0.39, 0.29) is 36.8 Å². The molecule has 1 saturated heterocycles. The molecule has 8 nitrogen and oxygen atoms in total. The van der Waals surface area contributed by atoms with Gasteiger partial charge in [0.1, 0.15) is 12.1 Å². The first-order chi connectivity index (χ1) is 12.0. The standard InChI is InChI=1S/C18H24N2O6/c1-18(2,3)15-17(26)20(9-10-4-6-12(21)13(22)8-10)11(16(25)19-15)5-7-14(23)24/h4,6,8,11,15,21-22H,5,7,9H2,1-3H3,(H,19,25)(H,23,24). The number of carboxylic acids is 1. The summed E-state index contributed by atoms with van der Waals surface area (Å²) in [6.45, 7) is 5.52. The largest absolute Gasteiger partial charge is 0.504 e. The minimum absolute atomic E-state index is 0.00612. The van der Waals surface area contributed by atoms with E-state index in [1.807, 2.05) is 20.8 Å². The van der Waals surface area contributed by atoms with Gasteiger partial charge in [-0.25, -0.2) is 0 Å². The van der Waals surface area contributed by atoms with Gasteiger partial charge >= 0.3 is 5.97 Å². The second-order valence-electron chi connectivity index (χ2n) is 7.55. The molecule has 1 aromatic carbocycles. The first-order valence-electron chi connectivity index (χ1n) is 8.34. The van der Waals surface area contributed by atoms with Crippen LogP contribution in [0.4, 0.5) is 0 Å². The summed E-state index contributed by atoms with van der Waals surface area (Å²) < 4.78 is 0. The van der Waals surface area contributed by atoms with Gasteiger partial charge in [0.2, 0.25) is 11.8 Å². The van der Waals surface area contributed by atoms with Crippen LogP contribution in [0, 0.1) is 5.41 Å². The van der Waals surface area contributed by atoms with E-state index in [9.17, 15) is 24.6 Å². The molecule has 0 bridgehead atoms. The van der Waals surface area contributed by atoms with Crippen molar-refractivity contribution in [3.05, 3.63) is 23.8 Å². The monoisotopic (exact) mass is 364 g/mol. The van der Waals surface area contributed by atoms with E-state index in [2.05, 4.69) is 5.32 Å². The highest BCUT2D eigenvalue weighted by Crippen LogP contribution is 2.30. The van der Waals surface area contributed by atoms with Crippen LogP contribution in [0.5, 0.6) is 11.5 Å². The van der Waals surface area contributed by atoms with Crippen LogP contribution in [-0.4, -0.2) is 50.1 Å². The SMILES string of the molecule is CC(C)(C)C1NC(=O)C(CCC(=O)O)N(Cc2ccc(O)c(O)c2)C1=O. The van der Waals surface area contributed by atoms with E-state index in [1.54, 1.807) is 0 Å². The lowest BCUT2D eigenvalue weighted by Gasteiger charge is -2.43. The van der Waals surface area contributed by atoms with E-state index in [4.69, 9.17) is 5.11 Å². The number of hydrogen-bond donors (Lipinski definition) is 4. The second kappa shape index (κ2) is 7.23. The number of aliphatic carboxylic acids is 1. The average molecular weight is 364 g/mol. The number of hydrogen-bond acceptors (Lipinski definition) is 5. The van der Waals surface area contributed by atoms with Crippen LogP contribution in [0.15, 0.2) is 18.2 Å². The van der Waals surface area contributed by atoms with E-state index in [0.717, 1.165) is 0 Å². The number of rotatable bonds is 5. The van der Waals surface area contributed by atoms with Gasteiger partial charge in [-0.1, -0.05) is 26.8 Å². The molecule has 1 heterocycles. The molecule has 0 aromatic heterocycles. The summed E-state index contributed by atoms with van der Waals surface area (Å²) in [7, 11) is 0. The van der Waals surface area contributed by atoms with E-state index in [0.29, 0.717) is 5.56 Å². The molecule has 142 valence electrons. The Kier molecular flexibility index (Phi) is 5.44. The van der Waals surface area contributed by atoms with Crippen LogP contribution in [0.1, 0.15) is 39.2 Å². The van der Waals surface area contributed by atoms with Crippen LogP contribution in [0.25, 0.3) is 0 Å². The molecular weight excluding hydrogens is 340 g/mol. The van der Waals surface area contributed by atoms with Crippen LogP contribution in [0.2, 0.25) is 0 Å². The zero-order chi connectivity index (χ0) is 19.6. The van der Waals surface area contributed by atoms with Gasteiger partial charge in [-0.2, -0.15) is 0 Å². The minimum atomic E-state index is -1.05. The first-order valence-corrected chi connectivity index (χ1v) is 8.34. The van der Waals surface area contributed by atoms with E-state index < -0.39 is 29.4 Å². The maximum Gasteiger partial charge on any atom is 0.303 e. The maximum atomic E-state index is 13.0. The minimum Gasteiger partial charge on any atom is -0.504 e. The van der Waals surface area contributed by atoms with Crippen molar-refractivity contribution < 1.29 is 29.7 Å². The third kappa shape index (κ3) is 4.25. The fourth-order valence-corrected chi connectivity index (χ4v) is 2.95. The number of phenolic OH excluding ortho intramolecular Hbond substituents is 2. The fourth-order valence-electron chi connectivity index (χ4n) is 2.95. The zero-order valence-corrected chi connectivity index (χ0v) is 15.0. The molecule has 0 spiro atoms. The smallest absolute Gasteiger partial charge is 0.303 e. The van der Waals surface area contributed by atoms with Crippen molar-refractivity contribution in [2.75, 3.05) is 0 Å². The Morgan fingerprint density at radius 3 is 2.38 bits per heavy atom. The Labute approximate surface area is 151 Å². The third-order valence-corrected chi connectivity index (χ3v) is 4.39. The number of amides is 2. The topological polar surface area (TPSA) is 127 Å². The van der Waals surface area contributed by atoms with Gasteiger partial charge < -0.3 is 25.5 Å². The van der Waals surface area contributed by atoms with Crippen molar-refractivity contribution in [3.8, 4) is 11.5 Å². The van der Waals surface area contributed by atoms with Gasteiger partial charge in [-0.15, -0.1) is 0 Å². The van der Waals surface area contributed by atoms with Crippen LogP contribution < -0.4 is 5.32 Å². The Balaban J connectivity index is 2.34. The summed E-state index contributed by atoms with van der Waals surface area (Å²) >= 11 is 0. The molecule has 2 unspecified atom stereocenters. The van der Waals surface area contributed by atoms with Gasteiger partial charge in [0.25, 0.3) is 0 Å². The highest BCUT2D eigenvalue weighted by Gasteiger charge is 2.45. The van der Waals surface area contributed by atoms with Crippen LogP contribution in [0.3, 0.4) is 0 Å². The molecule has 8 heteroatoms. The molecule has 2 rings (SSSR count). The van der Waals surface area contributed by atoms with Crippen molar-refractivity contribution in [3.63, 3.8) is 0 Å². The summed E-state index contributed by atoms with van der Waals surface area (Å²) in [6, 6.07) is 2.51. The molecule has 1 aromatic rings. The summed E-state index contributed by atoms with van der Waals surface area (Å²) in [6.07, 6.45) is -0.253. The van der Waals surface area contributed by atoms with Gasteiger partial charge in [0.05, 0.1) is 0 Å². The van der Waals surface area contributed by atoms with Crippen molar-refractivity contribution >= 4 is 17.8 Å². The number of carbonyl (C=O) groups is 3. The molecule has 4 N–H and O–H groups in total. The molecule has 1 aliphatic rings. The molecule has 0 saturated carbocycles. The number of aromatic hydroxyl groups is 2. The lowest BCUT2D eigenvalue weighted by molar-refractivity contribution is -0.154. The number of benzene rings is 1. The number of nitrogens with zero attached hydrogens (tertiary/aromatic N) is 1. The van der Waals surface area contributed by atoms with Gasteiger partial charge in [0.15, 0.2) is 11.5 Å². The Bertz CT molecular complexity index is 725. The summed E-state index contributed by atoms with van der Waals surface area (Å²) in [4.78, 5) is 37.8. The molecule has 1 aliphatic heterocycles. The number of phenols is 2. The maximum absolute atomic E-state index is 13.0. The van der Waals surface area contributed by atoms with E-state index >= 15 is 0 Å². The molecule has 2 atom stereocenters. The first kappa shape index (κ1) is 19.6. The Morgan fingerprint density at radius 2 is 1.85 bits per heavy atom. The van der Waals surface area contributed by atoms with Gasteiger partial charge in [0, 0.05) is 13.0 Å². The predicted octanol–water partition coefficient (Wildman–Crippen LogP) is 1.20. The predicted molar refractivity (Wildman–Crippen MR) is 92.4 cm³/mol. The number of carboxylic acid groups (broad SMARTS) is 1. The van der Waals surface area contributed by atoms with Crippen molar-refractivity contribution in [2.24, 2.45) is 5.41 Å². The summed E-state index contributed by atoms with van der Waals surface area (Å²) in [5.74, 6) is -2.36. The third-order valence-electron chi connectivity index (χ3n) is 4.39. The van der Waals surface area contributed by atoms with Gasteiger partial charge in [-0.05, 0) is 29.5 Å². The molecule has 0 aliphatic carbocycles. The number of carbonyl (C=O) groups excluding carboxylic acids is 2. The summed E-state index contributed by atoms with van der Waals surface area (Å²) in [5.41, 5.74) is 0.0104. The molecule has 26 heavy (non-hydrogen) atoms. The summed E-state index contributed by atoms with van der Waals surface area (Å²) in [5, 5.41) is 30.7. The molecule has 0 radical (unpaired) electrons. The van der Waals surface area contributed by atoms with Crippen molar-refractivity contribution in [1.82, 2.24) is 10.2 Å². The fraction of sp³-hybridized carbons (Fsp3) is 0.500. The molecule has 1 fully saturated rings. The zero-order valence-electron chi connectivity index (χ0n) is 15.0. The lowest BCUT2D eigenvalue weighted by atomic mass is 9.83. The van der Waals surface area contributed by atoms with E-state index in [1.165, 1.54) is 23.1 Å². The number of nitrogens with one attached hydrogen (secondary N) is 1. The second-order valence-corrected chi connectivity index (χ2v) is 7.55. The van der Waals surface area contributed by atoms with Crippen LogP contribution >= 0.6 is 0 Å². The van der Waals surface area contributed by atoms with Crippen LogP contribution in [-0.2, 0) is 20.9 Å². The Hall–Kier alpha value is -2.77. The average Bonchev–Trinajstić information content (AvgIpc) is 2.52. The number of piperazine rings is 1.